The number of amides is 1. The quantitative estimate of drug-likeness (QED) is 0.536. The molecule has 128 valence electrons. The Kier molecular flexibility index (Phi) is 4.39. The number of ether oxygens (including phenoxy) is 1. The van der Waals surface area contributed by atoms with Crippen LogP contribution in [0.3, 0.4) is 0 Å². The number of hydrogen-bond donors (Lipinski definition) is 2. The minimum atomic E-state index is -0.130. The molecule has 0 bridgehead atoms. The molecule has 2 N–H and O–H groups in total. The maximum Gasteiger partial charge on any atom is 0.255 e. The van der Waals surface area contributed by atoms with Gasteiger partial charge in [0, 0.05) is 22.7 Å². The number of rotatable bonds is 5. The van der Waals surface area contributed by atoms with E-state index in [2.05, 4.69) is 10.3 Å². The highest BCUT2D eigenvalue weighted by Gasteiger charge is 2.09. The van der Waals surface area contributed by atoms with E-state index in [1.807, 2.05) is 85.1 Å². The van der Waals surface area contributed by atoms with Crippen LogP contribution in [0.5, 0.6) is 5.75 Å². The van der Waals surface area contributed by atoms with E-state index in [-0.39, 0.29) is 5.91 Å². The highest BCUT2D eigenvalue weighted by atomic mass is 16.5. The summed E-state index contributed by atoms with van der Waals surface area (Å²) in [7, 11) is 0. The molecule has 0 atom stereocenters. The maximum atomic E-state index is 12.5. The topological polar surface area (TPSA) is 54.1 Å². The highest BCUT2D eigenvalue weighted by Crippen LogP contribution is 2.23. The van der Waals surface area contributed by atoms with E-state index in [0.717, 1.165) is 27.9 Å². The summed E-state index contributed by atoms with van der Waals surface area (Å²) in [4.78, 5) is 15.7. The van der Waals surface area contributed by atoms with Gasteiger partial charge in [-0.2, -0.15) is 0 Å². The molecule has 3 aromatic carbocycles. The van der Waals surface area contributed by atoms with Crippen molar-refractivity contribution in [1.29, 1.82) is 0 Å². The Bertz CT molecular complexity index is 1020. The molecule has 4 aromatic rings. The van der Waals surface area contributed by atoms with E-state index >= 15 is 0 Å². The van der Waals surface area contributed by atoms with E-state index in [4.69, 9.17) is 4.74 Å². The van der Waals surface area contributed by atoms with Crippen LogP contribution in [-0.4, -0.2) is 10.9 Å². The Labute approximate surface area is 151 Å². The Morgan fingerprint density at radius 2 is 1.69 bits per heavy atom. The van der Waals surface area contributed by atoms with Crippen LogP contribution >= 0.6 is 0 Å². The molecule has 0 unspecified atom stereocenters. The summed E-state index contributed by atoms with van der Waals surface area (Å²) in [5, 5.41) is 3.97. The van der Waals surface area contributed by atoms with Crippen molar-refractivity contribution in [3.63, 3.8) is 0 Å². The van der Waals surface area contributed by atoms with Crippen LogP contribution in [-0.2, 0) is 6.61 Å². The lowest BCUT2D eigenvalue weighted by atomic mass is 10.1. The number of nitrogens with one attached hydrogen (secondary N) is 2. The van der Waals surface area contributed by atoms with Crippen LogP contribution in [0.1, 0.15) is 15.9 Å². The first kappa shape index (κ1) is 16.0. The minimum absolute atomic E-state index is 0.130. The number of aromatic nitrogens is 1. The van der Waals surface area contributed by atoms with Crippen molar-refractivity contribution in [3.8, 4) is 5.75 Å². The summed E-state index contributed by atoms with van der Waals surface area (Å²) < 4.78 is 5.72. The average molecular weight is 342 g/mol. The molecule has 1 heterocycles. The van der Waals surface area contributed by atoms with Crippen LogP contribution in [0, 0.1) is 0 Å². The molecule has 1 aromatic heterocycles. The molecule has 0 aliphatic heterocycles. The molecule has 0 aliphatic carbocycles. The van der Waals surface area contributed by atoms with E-state index in [0.29, 0.717) is 12.2 Å². The second kappa shape index (κ2) is 7.15. The molecule has 0 aliphatic rings. The molecular weight excluding hydrogens is 324 g/mol. The molecule has 0 spiro atoms. The van der Waals surface area contributed by atoms with Gasteiger partial charge in [0.15, 0.2) is 0 Å². The van der Waals surface area contributed by atoms with Crippen LogP contribution < -0.4 is 10.1 Å². The summed E-state index contributed by atoms with van der Waals surface area (Å²) in [6.45, 7) is 0.467. The molecule has 1 amide bonds. The zero-order valence-electron chi connectivity index (χ0n) is 14.1. The first-order valence-corrected chi connectivity index (χ1v) is 8.44. The van der Waals surface area contributed by atoms with Gasteiger partial charge in [-0.25, -0.2) is 0 Å². The number of carbonyl (C=O) groups is 1. The summed E-state index contributed by atoms with van der Waals surface area (Å²) in [6.07, 6.45) is 1.86. The Morgan fingerprint density at radius 1 is 0.885 bits per heavy atom. The molecule has 4 rings (SSSR count). The van der Waals surface area contributed by atoms with Gasteiger partial charge in [-0.1, -0.05) is 36.4 Å². The van der Waals surface area contributed by atoms with Crippen molar-refractivity contribution in [2.45, 2.75) is 6.61 Å². The Morgan fingerprint density at radius 3 is 2.50 bits per heavy atom. The van der Waals surface area contributed by atoms with Crippen molar-refractivity contribution in [1.82, 2.24) is 4.98 Å². The molecular formula is C22H18N2O2. The fourth-order valence-corrected chi connectivity index (χ4v) is 2.82. The van der Waals surface area contributed by atoms with E-state index in [9.17, 15) is 4.79 Å². The normalized spacial score (nSPS) is 10.6. The number of fused-ring (bicyclic) bond motifs is 1. The number of hydrogen-bond acceptors (Lipinski definition) is 2. The number of benzene rings is 3. The van der Waals surface area contributed by atoms with Gasteiger partial charge in [-0.15, -0.1) is 0 Å². The predicted octanol–water partition coefficient (Wildman–Crippen LogP) is 5.00. The third-order valence-electron chi connectivity index (χ3n) is 4.21. The molecule has 0 saturated heterocycles. The average Bonchev–Trinajstić information content (AvgIpc) is 3.17. The minimum Gasteiger partial charge on any atom is -0.489 e. The van der Waals surface area contributed by atoms with Gasteiger partial charge in [-0.3, -0.25) is 4.79 Å². The van der Waals surface area contributed by atoms with Gasteiger partial charge in [0.2, 0.25) is 0 Å². The lowest BCUT2D eigenvalue weighted by molar-refractivity contribution is 0.102. The fraction of sp³-hybridized carbons (Fsp3) is 0.0455. The second-order valence-corrected chi connectivity index (χ2v) is 6.00. The van der Waals surface area contributed by atoms with E-state index in [1.54, 1.807) is 0 Å². The molecule has 26 heavy (non-hydrogen) atoms. The Balaban J connectivity index is 1.43. The summed E-state index contributed by atoms with van der Waals surface area (Å²) >= 11 is 0. The predicted molar refractivity (Wildman–Crippen MR) is 103 cm³/mol. The second-order valence-electron chi connectivity index (χ2n) is 6.00. The summed E-state index contributed by atoms with van der Waals surface area (Å²) in [5.41, 5.74) is 3.42. The van der Waals surface area contributed by atoms with Gasteiger partial charge >= 0.3 is 0 Å². The zero-order valence-corrected chi connectivity index (χ0v) is 14.1. The number of aromatic amines is 1. The van der Waals surface area contributed by atoms with Crippen molar-refractivity contribution < 1.29 is 9.53 Å². The fourth-order valence-electron chi connectivity index (χ4n) is 2.82. The van der Waals surface area contributed by atoms with E-state index in [1.165, 1.54) is 0 Å². The van der Waals surface area contributed by atoms with Crippen molar-refractivity contribution >= 4 is 22.5 Å². The number of H-pyrrole nitrogens is 1. The molecule has 4 heteroatoms. The monoisotopic (exact) mass is 342 g/mol. The van der Waals surface area contributed by atoms with Gasteiger partial charge in [-0.05, 0) is 48.0 Å². The number of para-hydroxylation sites is 1. The smallest absolute Gasteiger partial charge is 0.255 e. The Hall–Kier alpha value is -3.53. The first-order valence-electron chi connectivity index (χ1n) is 8.44. The molecule has 0 fully saturated rings. The van der Waals surface area contributed by atoms with Crippen molar-refractivity contribution in [3.05, 3.63) is 96.2 Å². The third kappa shape index (κ3) is 3.44. The largest absolute Gasteiger partial charge is 0.489 e. The van der Waals surface area contributed by atoms with Crippen LogP contribution in [0.4, 0.5) is 5.69 Å². The van der Waals surface area contributed by atoms with Gasteiger partial charge in [0.25, 0.3) is 5.91 Å². The van der Waals surface area contributed by atoms with E-state index < -0.39 is 0 Å². The standard InChI is InChI=1S/C22H18N2O2/c25-22(24-21-8-4-7-20-19(21)13-14-23-20)17-11-9-16(10-12-17)15-26-18-5-2-1-3-6-18/h1-14,23H,15H2,(H,24,25). The van der Waals surface area contributed by atoms with Gasteiger partial charge in [0.1, 0.15) is 12.4 Å². The van der Waals surface area contributed by atoms with Crippen LogP contribution in [0.25, 0.3) is 10.9 Å². The van der Waals surface area contributed by atoms with Crippen LogP contribution in [0.15, 0.2) is 85.1 Å². The first-order chi connectivity index (χ1) is 12.8. The van der Waals surface area contributed by atoms with Gasteiger partial charge < -0.3 is 15.0 Å². The zero-order chi connectivity index (χ0) is 17.8. The van der Waals surface area contributed by atoms with Crippen molar-refractivity contribution in [2.75, 3.05) is 5.32 Å². The summed E-state index contributed by atoms with van der Waals surface area (Å²) in [5.74, 6) is 0.697. The SMILES string of the molecule is O=C(Nc1cccc2[nH]ccc12)c1ccc(COc2ccccc2)cc1. The third-order valence-corrected chi connectivity index (χ3v) is 4.21. The lowest BCUT2D eigenvalue weighted by Gasteiger charge is -2.09. The number of anilines is 1. The molecule has 0 saturated carbocycles. The van der Waals surface area contributed by atoms with Crippen LogP contribution in [0.2, 0.25) is 0 Å². The number of carbonyl (C=O) groups excluding carboxylic acids is 1. The molecule has 4 nitrogen and oxygen atoms in total. The highest BCUT2D eigenvalue weighted by molar-refractivity contribution is 6.08. The molecule has 0 radical (unpaired) electrons. The lowest BCUT2D eigenvalue weighted by Crippen LogP contribution is -2.12. The summed E-state index contributed by atoms with van der Waals surface area (Å²) in [6, 6.07) is 24.9. The van der Waals surface area contributed by atoms with Crippen molar-refractivity contribution in [2.24, 2.45) is 0 Å². The maximum absolute atomic E-state index is 12.5. The van der Waals surface area contributed by atoms with Gasteiger partial charge in [0.05, 0.1) is 5.69 Å².